The van der Waals surface area contributed by atoms with Gasteiger partial charge in [-0.25, -0.2) is 4.90 Å². The first-order chi connectivity index (χ1) is 14.5. The van der Waals surface area contributed by atoms with Gasteiger partial charge in [0.2, 0.25) is 11.8 Å². The molecule has 6 unspecified atom stereocenters. The average Bonchev–Trinajstić information content (AvgIpc) is 3.33. The maximum absolute atomic E-state index is 13.2. The van der Waals surface area contributed by atoms with Crippen molar-refractivity contribution < 1.29 is 19.1 Å². The van der Waals surface area contributed by atoms with Crippen molar-refractivity contribution in [2.75, 3.05) is 4.90 Å². The number of hydrogen-bond acceptors (Lipinski definition) is 4. The SMILES string of the molecule is O=C(Cc1ccccc1)Oc1cccc(N2C(=O)C3C4CC(C(Br)C4Br)C3C2=O)c1. The fraction of sp³-hybridized carbons (Fsp3) is 0.348. The Bertz CT molecular complexity index is 995. The van der Waals surface area contributed by atoms with E-state index in [1.165, 1.54) is 4.90 Å². The van der Waals surface area contributed by atoms with Crippen LogP contribution in [0.3, 0.4) is 0 Å². The maximum atomic E-state index is 13.2. The van der Waals surface area contributed by atoms with Crippen LogP contribution in [0.5, 0.6) is 5.75 Å². The van der Waals surface area contributed by atoms with E-state index < -0.39 is 5.97 Å². The molecule has 30 heavy (non-hydrogen) atoms. The molecule has 0 radical (unpaired) electrons. The monoisotopic (exact) mass is 531 g/mol. The molecule has 5 nitrogen and oxygen atoms in total. The first-order valence-electron chi connectivity index (χ1n) is 9.96. The summed E-state index contributed by atoms with van der Waals surface area (Å²) in [6, 6.07) is 16.0. The molecule has 2 bridgehead atoms. The number of benzene rings is 2. The lowest BCUT2D eigenvalue weighted by Gasteiger charge is -2.28. The van der Waals surface area contributed by atoms with Gasteiger partial charge in [0.15, 0.2) is 0 Å². The highest BCUT2D eigenvalue weighted by Gasteiger charge is 2.66. The molecule has 6 atom stereocenters. The molecule has 2 aromatic rings. The average molecular weight is 533 g/mol. The Hall–Kier alpha value is -1.99. The highest BCUT2D eigenvalue weighted by atomic mass is 79.9. The molecule has 1 saturated heterocycles. The second-order valence-corrected chi connectivity index (χ2v) is 10.3. The molecular weight excluding hydrogens is 514 g/mol. The summed E-state index contributed by atoms with van der Waals surface area (Å²) in [7, 11) is 0. The van der Waals surface area contributed by atoms with Crippen LogP contribution < -0.4 is 9.64 Å². The second-order valence-electron chi connectivity index (χ2n) is 8.15. The van der Waals surface area contributed by atoms with Gasteiger partial charge in [-0.1, -0.05) is 68.3 Å². The van der Waals surface area contributed by atoms with Crippen molar-refractivity contribution in [3.8, 4) is 5.75 Å². The minimum Gasteiger partial charge on any atom is -0.426 e. The first-order valence-corrected chi connectivity index (χ1v) is 11.8. The lowest BCUT2D eigenvalue weighted by molar-refractivity contribution is -0.133. The summed E-state index contributed by atoms with van der Waals surface area (Å²) in [6.45, 7) is 0. The van der Waals surface area contributed by atoms with Gasteiger partial charge < -0.3 is 4.74 Å². The summed E-state index contributed by atoms with van der Waals surface area (Å²) in [5, 5.41) is 0. The Morgan fingerprint density at radius 3 is 2.20 bits per heavy atom. The summed E-state index contributed by atoms with van der Waals surface area (Å²) >= 11 is 7.40. The van der Waals surface area contributed by atoms with Gasteiger partial charge in [-0.15, -0.1) is 0 Å². The van der Waals surface area contributed by atoms with E-state index in [1.807, 2.05) is 30.3 Å². The normalized spacial score (nSPS) is 31.9. The van der Waals surface area contributed by atoms with E-state index >= 15 is 0 Å². The molecule has 5 rings (SSSR count). The van der Waals surface area contributed by atoms with Gasteiger partial charge in [0.1, 0.15) is 5.75 Å². The quantitative estimate of drug-likeness (QED) is 0.257. The summed E-state index contributed by atoms with van der Waals surface area (Å²) in [5.41, 5.74) is 1.32. The van der Waals surface area contributed by atoms with E-state index in [-0.39, 0.29) is 51.6 Å². The lowest BCUT2D eigenvalue weighted by atomic mass is 9.81. The van der Waals surface area contributed by atoms with E-state index in [2.05, 4.69) is 31.9 Å². The van der Waals surface area contributed by atoms with Gasteiger partial charge in [-0.05, 0) is 36.0 Å². The van der Waals surface area contributed by atoms with Crippen molar-refractivity contribution in [2.24, 2.45) is 23.7 Å². The Morgan fingerprint density at radius 2 is 1.57 bits per heavy atom. The molecule has 3 aliphatic rings. The van der Waals surface area contributed by atoms with Crippen LogP contribution in [0.4, 0.5) is 5.69 Å². The Morgan fingerprint density at radius 1 is 0.933 bits per heavy atom. The third kappa shape index (κ3) is 3.14. The molecule has 1 aliphatic heterocycles. The summed E-state index contributed by atoms with van der Waals surface area (Å²) in [6.07, 6.45) is 1.04. The molecule has 7 heteroatoms. The molecule has 2 amide bonds. The zero-order chi connectivity index (χ0) is 21.0. The molecule has 2 aromatic carbocycles. The van der Waals surface area contributed by atoms with Crippen molar-refractivity contribution >= 4 is 55.3 Å². The number of imide groups is 1. The number of rotatable bonds is 4. The molecule has 2 aliphatic carbocycles. The van der Waals surface area contributed by atoms with Gasteiger partial charge in [0.25, 0.3) is 0 Å². The summed E-state index contributed by atoms with van der Waals surface area (Å²) in [4.78, 5) is 40.3. The Kier molecular flexibility index (Phi) is 5.06. The van der Waals surface area contributed by atoms with Crippen LogP contribution in [0.1, 0.15) is 12.0 Å². The lowest BCUT2D eigenvalue weighted by Crippen LogP contribution is -2.37. The van der Waals surface area contributed by atoms with Gasteiger partial charge in [-0.2, -0.15) is 0 Å². The van der Waals surface area contributed by atoms with E-state index in [1.54, 1.807) is 24.3 Å². The summed E-state index contributed by atoms with van der Waals surface area (Å²) in [5.74, 6) is -0.573. The van der Waals surface area contributed by atoms with Crippen LogP contribution in [-0.4, -0.2) is 27.4 Å². The van der Waals surface area contributed by atoms with Gasteiger partial charge in [0, 0.05) is 15.7 Å². The summed E-state index contributed by atoms with van der Waals surface area (Å²) < 4.78 is 5.47. The fourth-order valence-corrected chi connectivity index (χ4v) is 7.09. The van der Waals surface area contributed by atoms with E-state index in [0.717, 1.165) is 12.0 Å². The number of alkyl halides is 2. The van der Waals surface area contributed by atoms with Crippen molar-refractivity contribution in [3.05, 3.63) is 60.2 Å². The number of halogens is 2. The molecule has 0 spiro atoms. The van der Waals surface area contributed by atoms with Crippen molar-refractivity contribution in [1.29, 1.82) is 0 Å². The minimum atomic E-state index is -0.392. The highest BCUT2D eigenvalue weighted by molar-refractivity contribution is 9.12. The number of hydrogen-bond donors (Lipinski definition) is 0. The molecule has 1 heterocycles. The zero-order valence-corrected chi connectivity index (χ0v) is 19.1. The van der Waals surface area contributed by atoms with E-state index in [0.29, 0.717) is 11.4 Å². The van der Waals surface area contributed by atoms with Gasteiger partial charge in [0.05, 0.1) is 23.9 Å². The molecule has 0 aromatic heterocycles. The van der Waals surface area contributed by atoms with Crippen LogP contribution in [0.25, 0.3) is 0 Å². The third-order valence-electron chi connectivity index (χ3n) is 6.49. The second kappa shape index (κ2) is 7.61. The molecule has 154 valence electrons. The van der Waals surface area contributed by atoms with Crippen LogP contribution in [0, 0.1) is 23.7 Å². The van der Waals surface area contributed by atoms with Crippen molar-refractivity contribution in [3.63, 3.8) is 0 Å². The number of anilines is 1. The number of amides is 2. The Labute approximate surface area is 191 Å². The van der Waals surface area contributed by atoms with Gasteiger partial charge in [-0.3, -0.25) is 14.4 Å². The third-order valence-corrected chi connectivity index (χ3v) is 9.69. The van der Waals surface area contributed by atoms with Crippen LogP contribution >= 0.6 is 31.9 Å². The van der Waals surface area contributed by atoms with Crippen LogP contribution in [-0.2, 0) is 20.8 Å². The fourth-order valence-electron chi connectivity index (χ4n) is 5.22. The first kappa shape index (κ1) is 19.9. The van der Waals surface area contributed by atoms with Crippen molar-refractivity contribution in [2.45, 2.75) is 22.5 Å². The predicted molar refractivity (Wildman–Crippen MR) is 119 cm³/mol. The molecule has 2 saturated carbocycles. The van der Waals surface area contributed by atoms with Gasteiger partial charge >= 0.3 is 5.97 Å². The molecule has 0 N–H and O–H groups in total. The van der Waals surface area contributed by atoms with Crippen molar-refractivity contribution in [1.82, 2.24) is 0 Å². The van der Waals surface area contributed by atoms with Crippen LogP contribution in [0.2, 0.25) is 0 Å². The number of esters is 1. The van der Waals surface area contributed by atoms with Crippen LogP contribution in [0.15, 0.2) is 54.6 Å². The minimum absolute atomic E-state index is 0.144. The van der Waals surface area contributed by atoms with E-state index in [9.17, 15) is 14.4 Å². The number of carbonyl (C=O) groups excluding carboxylic acids is 3. The Balaban J connectivity index is 1.35. The number of ether oxygens (including phenoxy) is 1. The smallest absolute Gasteiger partial charge is 0.315 e. The number of carbonyl (C=O) groups is 3. The largest absolute Gasteiger partial charge is 0.426 e. The number of fused-ring (bicyclic) bond motifs is 5. The molecule has 3 fully saturated rings. The maximum Gasteiger partial charge on any atom is 0.315 e. The standard InChI is InChI=1S/C23H19Br2NO4/c24-20-15-11-16(21(20)25)19-18(15)22(28)26(23(19)29)13-7-4-8-14(10-13)30-17(27)9-12-5-2-1-3-6-12/h1-8,10,15-16,18-21H,9,11H2. The predicted octanol–water partition coefficient (Wildman–Crippen LogP) is 4.12. The topological polar surface area (TPSA) is 63.7 Å². The highest BCUT2D eigenvalue weighted by Crippen LogP contribution is 2.60. The zero-order valence-electron chi connectivity index (χ0n) is 15.9. The number of nitrogens with zero attached hydrogens (tertiary/aromatic N) is 1. The molecular formula is C23H19Br2NO4. The van der Waals surface area contributed by atoms with E-state index in [4.69, 9.17) is 4.74 Å².